The van der Waals surface area contributed by atoms with Crippen molar-refractivity contribution in [3.8, 4) is 0 Å². The van der Waals surface area contributed by atoms with Gasteiger partial charge in [0.25, 0.3) is 0 Å². The van der Waals surface area contributed by atoms with Gasteiger partial charge in [0.1, 0.15) is 11.7 Å². The minimum Gasteiger partial charge on any atom is -0.444 e. The molecule has 0 fully saturated rings. The van der Waals surface area contributed by atoms with E-state index in [-0.39, 0.29) is 6.04 Å². The molecule has 1 aliphatic heterocycles. The third-order valence-electron chi connectivity index (χ3n) is 3.19. The number of methoxy groups -OCH3 is 1. The van der Waals surface area contributed by atoms with Gasteiger partial charge in [-0.2, -0.15) is 5.10 Å². The third kappa shape index (κ3) is 3.95. The maximum absolute atomic E-state index is 11.8. The molecule has 1 aromatic rings. The Hall–Kier alpha value is -1.60. The Morgan fingerprint density at radius 2 is 2.29 bits per heavy atom. The number of aryl methyl sites for hydroxylation is 1. The number of nitrogens with zero attached hydrogens (tertiary/aromatic N) is 2. The number of amides is 1. The van der Waals surface area contributed by atoms with Gasteiger partial charge in [-0.1, -0.05) is 0 Å². The smallest absolute Gasteiger partial charge is 0.407 e. The molecule has 0 unspecified atom stereocenters. The van der Waals surface area contributed by atoms with Crippen molar-refractivity contribution in [2.24, 2.45) is 0 Å². The van der Waals surface area contributed by atoms with Crippen molar-refractivity contribution in [2.75, 3.05) is 7.11 Å². The van der Waals surface area contributed by atoms with Gasteiger partial charge < -0.3 is 19.9 Å². The van der Waals surface area contributed by atoms with E-state index < -0.39 is 17.8 Å². The molecular weight excluding hydrogens is 274 g/mol. The number of rotatable bonds is 3. The van der Waals surface area contributed by atoms with E-state index >= 15 is 0 Å². The Bertz CT molecular complexity index is 507. The van der Waals surface area contributed by atoms with Gasteiger partial charge in [-0.25, -0.2) is 4.79 Å². The molecule has 2 atom stereocenters. The second-order valence-corrected chi connectivity index (χ2v) is 6.20. The van der Waals surface area contributed by atoms with Crippen molar-refractivity contribution in [2.45, 2.75) is 58.1 Å². The van der Waals surface area contributed by atoms with Gasteiger partial charge in [-0.05, 0) is 33.3 Å². The summed E-state index contributed by atoms with van der Waals surface area (Å²) < 4.78 is 12.0. The Balaban J connectivity index is 2.02. The van der Waals surface area contributed by atoms with Crippen molar-refractivity contribution in [1.29, 1.82) is 0 Å². The Kier molecular flexibility index (Phi) is 4.53. The van der Waals surface area contributed by atoms with Gasteiger partial charge >= 0.3 is 6.09 Å². The van der Waals surface area contributed by atoms with E-state index in [2.05, 4.69) is 10.4 Å². The molecule has 0 spiro atoms. The van der Waals surface area contributed by atoms with Crippen LogP contribution < -0.4 is 5.32 Å². The lowest BCUT2D eigenvalue weighted by atomic mass is 10.0. The van der Waals surface area contributed by atoms with Crippen LogP contribution in [0.3, 0.4) is 0 Å². The van der Waals surface area contributed by atoms with Gasteiger partial charge in [0.2, 0.25) is 0 Å². The second kappa shape index (κ2) is 6.03. The van der Waals surface area contributed by atoms with E-state index in [1.165, 1.54) is 0 Å². The highest BCUT2D eigenvalue weighted by Gasteiger charge is 2.32. The SMILES string of the molecule is COCc1cc2n(n1)CC[C@@H](NC(=O)OC(C)(C)C)[C@@H]2O. The summed E-state index contributed by atoms with van der Waals surface area (Å²) in [5.74, 6) is 0. The Labute approximate surface area is 124 Å². The molecule has 118 valence electrons. The molecule has 1 aromatic heterocycles. The van der Waals surface area contributed by atoms with Crippen molar-refractivity contribution in [3.05, 3.63) is 17.5 Å². The van der Waals surface area contributed by atoms with E-state index in [4.69, 9.17) is 9.47 Å². The number of aliphatic hydroxyl groups is 1. The number of alkyl carbamates (subject to hydrolysis) is 1. The molecule has 0 saturated carbocycles. The highest BCUT2D eigenvalue weighted by atomic mass is 16.6. The largest absolute Gasteiger partial charge is 0.444 e. The number of hydrogen-bond donors (Lipinski definition) is 2. The van der Waals surface area contributed by atoms with Gasteiger partial charge in [0.05, 0.1) is 24.0 Å². The predicted octanol–water partition coefficient (Wildman–Crippen LogP) is 1.36. The molecule has 0 radical (unpaired) electrons. The number of carbonyl (C=O) groups is 1. The topological polar surface area (TPSA) is 85.6 Å². The number of aromatic nitrogens is 2. The zero-order chi connectivity index (χ0) is 15.6. The Morgan fingerprint density at radius 1 is 1.57 bits per heavy atom. The Morgan fingerprint density at radius 3 is 2.90 bits per heavy atom. The molecule has 1 amide bonds. The minimum absolute atomic E-state index is 0.376. The third-order valence-corrected chi connectivity index (χ3v) is 3.19. The average molecular weight is 297 g/mol. The first kappa shape index (κ1) is 15.8. The lowest BCUT2D eigenvalue weighted by molar-refractivity contribution is 0.0367. The van der Waals surface area contributed by atoms with Crippen LogP contribution in [0, 0.1) is 0 Å². The lowest BCUT2D eigenvalue weighted by Crippen LogP contribution is -2.45. The fourth-order valence-electron chi connectivity index (χ4n) is 2.36. The van der Waals surface area contributed by atoms with E-state index in [9.17, 15) is 9.90 Å². The second-order valence-electron chi connectivity index (χ2n) is 6.20. The monoisotopic (exact) mass is 297 g/mol. The molecule has 1 aliphatic rings. The molecule has 0 bridgehead atoms. The fourth-order valence-corrected chi connectivity index (χ4v) is 2.36. The van der Waals surface area contributed by atoms with Crippen LogP contribution in [-0.4, -0.2) is 39.7 Å². The van der Waals surface area contributed by atoms with Crippen LogP contribution in [-0.2, 0) is 22.6 Å². The standard InChI is InChI=1S/C14H23N3O4/c1-14(2,3)21-13(19)15-10-5-6-17-11(12(10)18)7-9(16-17)8-20-4/h7,10,12,18H,5-6,8H2,1-4H3,(H,15,19)/t10-,12+/m1/s1. The lowest BCUT2D eigenvalue weighted by Gasteiger charge is -2.30. The normalized spacial score (nSPS) is 21.8. The van der Waals surface area contributed by atoms with E-state index in [0.29, 0.717) is 25.3 Å². The highest BCUT2D eigenvalue weighted by Crippen LogP contribution is 2.26. The zero-order valence-electron chi connectivity index (χ0n) is 12.9. The van der Waals surface area contributed by atoms with Crippen LogP contribution in [0.5, 0.6) is 0 Å². The average Bonchev–Trinajstić information content (AvgIpc) is 2.75. The first-order chi connectivity index (χ1) is 9.80. The zero-order valence-corrected chi connectivity index (χ0v) is 12.9. The first-order valence-corrected chi connectivity index (χ1v) is 7.03. The molecule has 0 aromatic carbocycles. The summed E-state index contributed by atoms with van der Waals surface area (Å²) in [5.41, 5.74) is 0.899. The number of ether oxygens (including phenoxy) is 2. The number of aliphatic hydroxyl groups excluding tert-OH is 1. The van der Waals surface area contributed by atoms with Crippen LogP contribution >= 0.6 is 0 Å². The summed E-state index contributed by atoms with van der Waals surface area (Å²) in [5, 5.41) is 17.5. The number of fused-ring (bicyclic) bond motifs is 1. The summed E-state index contributed by atoms with van der Waals surface area (Å²) in [6.45, 7) is 6.44. The fraction of sp³-hybridized carbons (Fsp3) is 0.714. The predicted molar refractivity (Wildman–Crippen MR) is 75.7 cm³/mol. The molecule has 2 rings (SSSR count). The van der Waals surface area contributed by atoms with Crippen LogP contribution in [0.1, 0.15) is 44.7 Å². The molecule has 2 heterocycles. The number of carbonyl (C=O) groups excluding carboxylic acids is 1. The maximum atomic E-state index is 11.8. The van der Waals surface area contributed by atoms with Crippen molar-refractivity contribution in [3.63, 3.8) is 0 Å². The van der Waals surface area contributed by atoms with Gasteiger partial charge in [-0.3, -0.25) is 4.68 Å². The molecular formula is C14H23N3O4. The van der Waals surface area contributed by atoms with Crippen molar-refractivity contribution < 1.29 is 19.4 Å². The molecule has 0 saturated heterocycles. The van der Waals surface area contributed by atoms with E-state index in [1.54, 1.807) is 38.6 Å². The van der Waals surface area contributed by atoms with Gasteiger partial charge in [0.15, 0.2) is 0 Å². The quantitative estimate of drug-likeness (QED) is 0.880. The van der Waals surface area contributed by atoms with Crippen molar-refractivity contribution >= 4 is 6.09 Å². The van der Waals surface area contributed by atoms with Crippen LogP contribution in [0.15, 0.2) is 6.07 Å². The van der Waals surface area contributed by atoms with E-state index in [1.807, 2.05) is 0 Å². The van der Waals surface area contributed by atoms with Crippen LogP contribution in [0.4, 0.5) is 4.79 Å². The highest BCUT2D eigenvalue weighted by molar-refractivity contribution is 5.68. The number of nitrogens with one attached hydrogen (secondary N) is 1. The summed E-state index contributed by atoms with van der Waals surface area (Å²) in [6, 6.07) is 1.43. The van der Waals surface area contributed by atoms with Gasteiger partial charge in [0, 0.05) is 13.7 Å². The first-order valence-electron chi connectivity index (χ1n) is 7.03. The number of hydrogen-bond acceptors (Lipinski definition) is 5. The summed E-state index contributed by atoms with van der Waals surface area (Å²) >= 11 is 0. The maximum Gasteiger partial charge on any atom is 0.407 e. The van der Waals surface area contributed by atoms with Crippen LogP contribution in [0.2, 0.25) is 0 Å². The molecule has 7 nitrogen and oxygen atoms in total. The van der Waals surface area contributed by atoms with Crippen molar-refractivity contribution in [1.82, 2.24) is 15.1 Å². The summed E-state index contributed by atoms with van der Waals surface area (Å²) in [4.78, 5) is 11.8. The summed E-state index contributed by atoms with van der Waals surface area (Å²) in [7, 11) is 1.60. The molecule has 0 aliphatic carbocycles. The van der Waals surface area contributed by atoms with E-state index in [0.717, 1.165) is 5.69 Å². The summed E-state index contributed by atoms with van der Waals surface area (Å²) in [6.07, 6.45) is -0.720. The molecule has 2 N–H and O–H groups in total. The molecule has 7 heteroatoms. The van der Waals surface area contributed by atoms with Crippen LogP contribution in [0.25, 0.3) is 0 Å². The minimum atomic E-state index is -0.802. The molecule has 21 heavy (non-hydrogen) atoms. The van der Waals surface area contributed by atoms with Gasteiger partial charge in [-0.15, -0.1) is 0 Å².